The van der Waals surface area contributed by atoms with Crippen LogP contribution in [0.1, 0.15) is 53.8 Å². The van der Waals surface area contributed by atoms with E-state index in [-0.39, 0.29) is 18.1 Å². The molecular formula is C15H22N6O2. The fourth-order valence-electron chi connectivity index (χ4n) is 2.92. The minimum absolute atomic E-state index is 0.0561. The van der Waals surface area contributed by atoms with Gasteiger partial charge in [-0.3, -0.25) is 9.89 Å². The van der Waals surface area contributed by atoms with Gasteiger partial charge in [0, 0.05) is 25.6 Å². The minimum atomic E-state index is -0.136. The van der Waals surface area contributed by atoms with E-state index in [4.69, 9.17) is 4.74 Å². The van der Waals surface area contributed by atoms with Crippen LogP contribution in [0, 0.1) is 0 Å². The maximum absolute atomic E-state index is 12.3. The highest BCUT2D eigenvalue weighted by molar-refractivity contribution is 5.94. The van der Waals surface area contributed by atoms with Crippen molar-refractivity contribution < 1.29 is 9.53 Å². The van der Waals surface area contributed by atoms with Gasteiger partial charge < -0.3 is 10.1 Å². The summed E-state index contributed by atoms with van der Waals surface area (Å²) in [5, 5.41) is 18.3. The number of aromatic amines is 1. The molecule has 8 heteroatoms. The monoisotopic (exact) mass is 318 g/mol. The number of carbonyl (C=O) groups is 1. The van der Waals surface area contributed by atoms with Crippen molar-refractivity contribution in [3.05, 3.63) is 28.8 Å². The molecule has 8 nitrogen and oxygen atoms in total. The van der Waals surface area contributed by atoms with Crippen LogP contribution < -0.4 is 5.32 Å². The summed E-state index contributed by atoms with van der Waals surface area (Å²) in [6, 6.07) is 0. The number of nitrogens with one attached hydrogen (secondary N) is 2. The lowest BCUT2D eigenvalue weighted by Crippen LogP contribution is -2.28. The van der Waals surface area contributed by atoms with Gasteiger partial charge in [0.1, 0.15) is 0 Å². The Labute approximate surface area is 134 Å². The molecule has 1 amide bonds. The average molecular weight is 318 g/mol. The molecule has 0 saturated heterocycles. The van der Waals surface area contributed by atoms with Gasteiger partial charge in [0.2, 0.25) is 0 Å². The molecule has 0 fully saturated rings. The van der Waals surface area contributed by atoms with Gasteiger partial charge in [0.15, 0.2) is 5.69 Å². The molecule has 2 atom stereocenters. The maximum Gasteiger partial charge on any atom is 0.272 e. The van der Waals surface area contributed by atoms with Crippen molar-refractivity contribution in [3.8, 4) is 0 Å². The van der Waals surface area contributed by atoms with Gasteiger partial charge in [-0.15, -0.1) is 0 Å². The molecule has 2 aromatic rings. The summed E-state index contributed by atoms with van der Waals surface area (Å²) in [7, 11) is 1.79. The summed E-state index contributed by atoms with van der Waals surface area (Å²) in [5.41, 5.74) is 3.30. The molecule has 23 heavy (non-hydrogen) atoms. The van der Waals surface area contributed by atoms with Crippen LogP contribution in [-0.2, 0) is 24.6 Å². The Bertz CT molecular complexity index is 692. The third kappa shape index (κ3) is 3.42. The molecule has 0 aromatic carbocycles. The second-order valence-corrected chi connectivity index (χ2v) is 5.94. The van der Waals surface area contributed by atoms with Crippen molar-refractivity contribution in [1.82, 2.24) is 30.5 Å². The quantitative estimate of drug-likeness (QED) is 0.799. The van der Waals surface area contributed by atoms with E-state index in [9.17, 15) is 4.79 Å². The number of H-pyrrole nitrogens is 1. The first-order chi connectivity index (χ1) is 11.0. The Morgan fingerprint density at radius 3 is 3.09 bits per heavy atom. The van der Waals surface area contributed by atoms with Crippen LogP contribution >= 0.6 is 0 Å². The second kappa shape index (κ2) is 6.49. The van der Waals surface area contributed by atoms with Gasteiger partial charge >= 0.3 is 0 Å². The molecule has 2 N–H and O–H groups in total. The fourth-order valence-corrected chi connectivity index (χ4v) is 2.92. The number of ether oxygens (including phenoxy) is 1. The maximum atomic E-state index is 12.3. The summed E-state index contributed by atoms with van der Waals surface area (Å²) in [5.74, 6) is -0.136. The highest BCUT2D eigenvalue weighted by Crippen LogP contribution is 2.29. The summed E-state index contributed by atoms with van der Waals surface area (Å²) >= 11 is 0. The molecule has 3 heterocycles. The first-order valence-corrected chi connectivity index (χ1v) is 7.90. The lowest BCUT2D eigenvalue weighted by molar-refractivity contribution is -0.00697. The topological polar surface area (TPSA) is 97.7 Å². The normalized spacial score (nSPS) is 20.3. The van der Waals surface area contributed by atoms with Crippen molar-refractivity contribution in [1.29, 1.82) is 0 Å². The van der Waals surface area contributed by atoms with Gasteiger partial charge in [-0.1, -0.05) is 0 Å². The SMILES string of the molecule is C[C@@H]1Cc2c(C(=O)NCCCc3cnn(C)n3)n[nH]c2[C@H](C)O1. The second-order valence-electron chi connectivity index (χ2n) is 5.94. The van der Waals surface area contributed by atoms with Crippen molar-refractivity contribution in [2.75, 3.05) is 6.54 Å². The van der Waals surface area contributed by atoms with E-state index in [0.29, 0.717) is 18.7 Å². The van der Waals surface area contributed by atoms with Crippen LogP contribution in [0.4, 0.5) is 0 Å². The Balaban J connectivity index is 1.55. The zero-order valence-corrected chi connectivity index (χ0v) is 13.7. The van der Waals surface area contributed by atoms with E-state index in [1.807, 2.05) is 13.8 Å². The van der Waals surface area contributed by atoms with Crippen LogP contribution in [-0.4, -0.2) is 43.7 Å². The smallest absolute Gasteiger partial charge is 0.272 e. The van der Waals surface area contributed by atoms with Gasteiger partial charge in [0.05, 0.1) is 29.8 Å². The van der Waals surface area contributed by atoms with Crippen LogP contribution in [0.15, 0.2) is 6.20 Å². The van der Waals surface area contributed by atoms with Crippen molar-refractivity contribution in [2.45, 2.75) is 45.3 Å². The molecule has 0 bridgehead atoms. The number of aromatic nitrogens is 5. The van der Waals surface area contributed by atoms with E-state index in [2.05, 4.69) is 25.7 Å². The summed E-state index contributed by atoms with van der Waals surface area (Å²) in [6.07, 6.45) is 4.09. The van der Waals surface area contributed by atoms with Crippen molar-refractivity contribution in [2.24, 2.45) is 7.05 Å². The number of amides is 1. The Hall–Kier alpha value is -2.22. The summed E-state index contributed by atoms with van der Waals surface area (Å²) in [4.78, 5) is 13.9. The van der Waals surface area contributed by atoms with Gasteiger partial charge in [-0.25, -0.2) is 0 Å². The molecule has 0 aliphatic carbocycles. The lowest BCUT2D eigenvalue weighted by atomic mass is 9.99. The average Bonchev–Trinajstić information content (AvgIpc) is 3.09. The van der Waals surface area contributed by atoms with Crippen molar-refractivity contribution >= 4 is 5.91 Å². The first-order valence-electron chi connectivity index (χ1n) is 7.90. The van der Waals surface area contributed by atoms with Crippen LogP contribution in [0.25, 0.3) is 0 Å². The molecule has 0 unspecified atom stereocenters. The summed E-state index contributed by atoms with van der Waals surface area (Å²) in [6.45, 7) is 4.56. The van der Waals surface area contributed by atoms with Crippen LogP contribution in [0.5, 0.6) is 0 Å². The molecule has 0 radical (unpaired) electrons. The fraction of sp³-hybridized carbons (Fsp3) is 0.600. The molecule has 1 aliphatic rings. The third-order valence-electron chi connectivity index (χ3n) is 3.99. The highest BCUT2D eigenvalue weighted by atomic mass is 16.5. The predicted octanol–water partition coefficient (Wildman–Crippen LogP) is 0.923. The molecule has 2 aromatic heterocycles. The number of hydrogen-bond acceptors (Lipinski definition) is 5. The number of hydrogen-bond donors (Lipinski definition) is 2. The van der Waals surface area contributed by atoms with E-state index in [0.717, 1.165) is 29.8 Å². The molecule has 124 valence electrons. The van der Waals surface area contributed by atoms with E-state index >= 15 is 0 Å². The number of fused-ring (bicyclic) bond motifs is 1. The Morgan fingerprint density at radius 1 is 1.52 bits per heavy atom. The standard InChI is InChI=1S/C15H22N6O2/c1-9-7-12-13(10(2)23-9)18-19-14(12)15(22)16-6-4-5-11-8-17-21(3)20-11/h8-10H,4-7H2,1-3H3,(H,16,22)(H,18,19)/t9-,10+/m1/s1. The minimum Gasteiger partial charge on any atom is -0.369 e. The molecule has 0 saturated carbocycles. The number of nitrogens with zero attached hydrogens (tertiary/aromatic N) is 4. The van der Waals surface area contributed by atoms with Crippen molar-refractivity contribution in [3.63, 3.8) is 0 Å². The highest BCUT2D eigenvalue weighted by Gasteiger charge is 2.29. The zero-order valence-electron chi connectivity index (χ0n) is 13.7. The number of rotatable bonds is 5. The van der Waals surface area contributed by atoms with Gasteiger partial charge in [-0.05, 0) is 26.7 Å². The molecule has 3 rings (SSSR count). The van der Waals surface area contributed by atoms with Crippen LogP contribution in [0.2, 0.25) is 0 Å². The number of carbonyl (C=O) groups excluding carboxylic acids is 1. The van der Waals surface area contributed by atoms with E-state index < -0.39 is 0 Å². The zero-order chi connectivity index (χ0) is 16.4. The summed E-state index contributed by atoms with van der Waals surface area (Å²) < 4.78 is 5.74. The molecule has 0 spiro atoms. The Morgan fingerprint density at radius 2 is 2.35 bits per heavy atom. The molecule has 1 aliphatic heterocycles. The lowest BCUT2D eigenvalue weighted by Gasteiger charge is -2.25. The van der Waals surface area contributed by atoms with E-state index in [1.165, 1.54) is 4.80 Å². The molecular weight excluding hydrogens is 296 g/mol. The van der Waals surface area contributed by atoms with Crippen LogP contribution in [0.3, 0.4) is 0 Å². The van der Waals surface area contributed by atoms with Gasteiger partial charge in [0.25, 0.3) is 5.91 Å². The largest absolute Gasteiger partial charge is 0.369 e. The van der Waals surface area contributed by atoms with E-state index in [1.54, 1.807) is 13.2 Å². The predicted molar refractivity (Wildman–Crippen MR) is 82.9 cm³/mol. The first kappa shape index (κ1) is 15.7. The third-order valence-corrected chi connectivity index (χ3v) is 3.99. The van der Waals surface area contributed by atoms with Gasteiger partial charge in [-0.2, -0.15) is 20.1 Å². The number of aryl methyl sites for hydroxylation is 2. The Kier molecular flexibility index (Phi) is 4.42.